The van der Waals surface area contributed by atoms with Gasteiger partial charge in [0.2, 0.25) is 27.8 Å². The number of hydrogen-bond donors (Lipinski definition) is 0. The Kier molecular flexibility index (Phi) is 5.64. The van der Waals surface area contributed by atoms with Crippen molar-refractivity contribution in [2.45, 2.75) is 39.3 Å². The minimum absolute atomic E-state index is 0.169. The summed E-state index contributed by atoms with van der Waals surface area (Å²) in [5, 5.41) is 0.381. The van der Waals surface area contributed by atoms with E-state index in [-0.39, 0.29) is 11.2 Å². The van der Waals surface area contributed by atoms with Crippen LogP contribution in [-0.4, -0.2) is 23.7 Å². The van der Waals surface area contributed by atoms with Crippen LogP contribution in [0.4, 0.5) is 0 Å². The van der Waals surface area contributed by atoms with Gasteiger partial charge in [0.15, 0.2) is 5.76 Å². The van der Waals surface area contributed by atoms with E-state index in [1.165, 1.54) is 7.11 Å². The van der Waals surface area contributed by atoms with Gasteiger partial charge in [-0.05, 0) is 39.3 Å². The molecule has 0 saturated carbocycles. The van der Waals surface area contributed by atoms with E-state index < -0.39 is 16.6 Å². The smallest absolute Gasteiger partial charge is 0.242 e. The highest BCUT2D eigenvalue weighted by molar-refractivity contribution is 6.71. The maximum atomic E-state index is 13.4. The number of rotatable bonds is 6. The molecule has 0 N–H and O–H groups in total. The highest BCUT2D eigenvalue weighted by Crippen LogP contribution is 2.37. The molecule has 7 heteroatoms. The predicted octanol–water partition coefficient (Wildman–Crippen LogP) is 5.90. The maximum Gasteiger partial charge on any atom is 0.242 e. The van der Waals surface area contributed by atoms with Crippen LogP contribution in [-0.2, 0) is 0 Å². The lowest BCUT2D eigenvalue weighted by Crippen LogP contribution is -2.31. The molecule has 3 aromatic rings. The molecule has 0 aliphatic heterocycles. The Labute approximate surface area is 173 Å². The summed E-state index contributed by atoms with van der Waals surface area (Å²) in [7, 11) is -2.38. The summed E-state index contributed by atoms with van der Waals surface area (Å²) < 4.78 is 24.1. The van der Waals surface area contributed by atoms with Gasteiger partial charge in [0.1, 0.15) is 22.5 Å². The van der Waals surface area contributed by atoms with E-state index in [0.717, 1.165) is 5.56 Å². The molecule has 1 aromatic heterocycles. The average molecular weight is 429 g/mol. The van der Waals surface area contributed by atoms with Crippen LogP contribution < -0.4 is 19.0 Å². The third kappa shape index (κ3) is 4.91. The van der Waals surface area contributed by atoms with Crippen molar-refractivity contribution in [2.75, 3.05) is 7.11 Å². The summed E-state index contributed by atoms with van der Waals surface area (Å²) >= 11 is 0. The van der Waals surface area contributed by atoms with E-state index >= 15 is 0 Å². The third-order valence-electron chi connectivity index (χ3n) is 3.97. The molecule has 0 amide bonds. The van der Waals surface area contributed by atoms with Crippen LogP contribution in [0.15, 0.2) is 51.7 Å². The molecule has 154 valence electrons. The Balaban J connectivity index is 2.35. The van der Waals surface area contributed by atoms with E-state index in [4.69, 9.17) is 18.0 Å². The molecule has 0 spiro atoms. The fraction of sp³-hybridized carbons (Fsp3) is 0.318. The molecule has 0 radical (unpaired) electrons. The van der Waals surface area contributed by atoms with Crippen molar-refractivity contribution in [2.24, 2.45) is 0 Å². The SMILES string of the molecule is COc1c(-c2ccccc2)oc2cc(O[Si](C)(C)C)cc(O[Si](C)(C)C)c2c1=O. The van der Waals surface area contributed by atoms with Crippen molar-refractivity contribution in [3.8, 4) is 28.6 Å². The van der Waals surface area contributed by atoms with Gasteiger partial charge in [0, 0.05) is 17.7 Å². The Morgan fingerprint density at radius 2 is 1.48 bits per heavy atom. The van der Waals surface area contributed by atoms with Crippen LogP contribution in [0.25, 0.3) is 22.3 Å². The summed E-state index contributed by atoms with van der Waals surface area (Å²) in [6.45, 7) is 12.5. The fourth-order valence-electron chi connectivity index (χ4n) is 3.03. The van der Waals surface area contributed by atoms with Gasteiger partial charge in [-0.15, -0.1) is 0 Å². The molecule has 29 heavy (non-hydrogen) atoms. The first-order valence-electron chi connectivity index (χ1n) is 9.61. The van der Waals surface area contributed by atoms with Crippen LogP contribution in [0.1, 0.15) is 0 Å². The van der Waals surface area contributed by atoms with Crippen LogP contribution in [0, 0.1) is 0 Å². The monoisotopic (exact) mass is 428 g/mol. The van der Waals surface area contributed by atoms with Crippen molar-refractivity contribution >= 4 is 27.6 Å². The van der Waals surface area contributed by atoms with Crippen molar-refractivity contribution in [3.05, 3.63) is 52.7 Å². The molecule has 0 aliphatic rings. The molecule has 0 saturated heterocycles. The van der Waals surface area contributed by atoms with E-state index in [1.807, 2.05) is 30.3 Å². The standard InChI is InChI=1S/C22H28O5Si2/c1-24-22-20(23)19-17(25-21(22)15-11-9-8-10-12-15)13-16(26-28(2,3)4)14-18(19)27-29(5,6)7/h8-14H,1-7H3. The van der Waals surface area contributed by atoms with E-state index in [9.17, 15) is 4.79 Å². The molecule has 0 unspecified atom stereocenters. The maximum absolute atomic E-state index is 13.4. The van der Waals surface area contributed by atoms with Gasteiger partial charge in [0.05, 0.1) is 7.11 Å². The fourth-order valence-corrected chi connectivity index (χ4v) is 4.68. The Morgan fingerprint density at radius 1 is 0.862 bits per heavy atom. The summed E-state index contributed by atoms with van der Waals surface area (Å²) in [5.41, 5.74) is 0.951. The van der Waals surface area contributed by atoms with Crippen molar-refractivity contribution in [1.29, 1.82) is 0 Å². The highest BCUT2D eigenvalue weighted by Gasteiger charge is 2.25. The summed E-state index contributed by atoms with van der Waals surface area (Å²) in [6.07, 6.45) is 0. The van der Waals surface area contributed by atoms with Crippen molar-refractivity contribution in [1.82, 2.24) is 0 Å². The average Bonchev–Trinajstić information content (AvgIpc) is 2.59. The quantitative estimate of drug-likeness (QED) is 0.458. The zero-order valence-corrected chi connectivity index (χ0v) is 20.1. The normalized spacial score (nSPS) is 12.1. The zero-order chi connectivity index (χ0) is 21.4. The first-order chi connectivity index (χ1) is 13.5. The number of fused-ring (bicyclic) bond motifs is 1. The molecule has 1 heterocycles. The number of ether oxygens (including phenoxy) is 1. The zero-order valence-electron chi connectivity index (χ0n) is 18.1. The third-order valence-corrected chi connectivity index (χ3v) is 5.65. The number of hydrogen-bond acceptors (Lipinski definition) is 5. The van der Waals surface area contributed by atoms with Gasteiger partial charge in [-0.3, -0.25) is 4.79 Å². The molecule has 0 atom stereocenters. The minimum Gasteiger partial charge on any atom is -0.544 e. The van der Waals surface area contributed by atoms with Gasteiger partial charge >= 0.3 is 0 Å². The minimum atomic E-state index is -1.99. The van der Waals surface area contributed by atoms with Gasteiger partial charge in [-0.2, -0.15) is 0 Å². The van der Waals surface area contributed by atoms with Gasteiger partial charge in [-0.1, -0.05) is 30.3 Å². The molecule has 0 aliphatic carbocycles. The van der Waals surface area contributed by atoms with Crippen LogP contribution in [0.2, 0.25) is 39.3 Å². The van der Waals surface area contributed by atoms with Crippen molar-refractivity contribution in [3.63, 3.8) is 0 Å². The topological polar surface area (TPSA) is 57.9 Å². The largest absolute Gasteiger partial charge is 0.544 e. The summed E-state index contributed by atoms with van der Waals surface area (Å²) in [6, 6.07) is 13.0. The lowest BCUT2D eigenvalue weighted by Gasteiger charge is -2.24. The molecule has 0 bridgehead atoms. The van der Waals surface area contributed by atoms with Crippen LogP contribution in [0.3, 0.4) is 0 Å². The number of benzene rings is 2. The van der Waals surface area contributed by atoms with Crippen LogP contribution in [0.5, 0.6) is 17.2 Å². The Morgan fingerprint density at radius 3 is 2.03 bits per heavy atom. The van der Waals surface area contributed by atoms with Gasteiger partial charge in [-0.25, -0.2) is 0 Å². The summed E-state index contributed by atoms with van der Waals surface area (Å²) in [4.78, 5) is 13.4. The molecule has 3 rings (SSSR count). The van der Waals surface area contributed by atoms with Gasteiger partial charge < -0.3 is 18.0 Å². The highest BCUT2D eigenvalue weighted by atomic mass is 28.4. The van der Waals surface area contributed by atoms with Crippen molar-refractivity contribution < 1.29 is 18.0 Å². The summed E-state index contributed by atoms with van der Waals surface area (Å²) in [5.74, 6) is 1.71. The van der Waals surface area contributed by atoms with Crippen LogP contribution >= 0.6 is 0 Å². The molecule has 2 aromatic carbocycles. The van der Waals surface area contributed by atoms with E-state index in [0.29, 0.717) is 28.2 Å². The lowest BCUT2D eigenvalue weighted by molar-refractivity contribution is 0.398. The second-order valence-electron chi connectivity index (χ2n) is 8.88. The molecular formula is C22H28O5Si2. The Bertz CT molecular complexity index is 1080. The predicted molar refractivity (Wildman–Crippen MR) is 122 cm³/mol. The number of methoxy groups -OCH3 is 1. The van der Waals surface area contributed by atoms with E-state index in [2.05, 4.69) is 39.3 Å². The first-order valence-corrected chi connectivity index (χ1v) is 16.4. The second-order valence-corrected chi connectivity index (χ2v) is 17.7. The second kappa shape index (κ2) is 7.72. The Hall–Kier alpha value is -2.52. The molecule has 5 nitrogen and oxygen atoms in total. The molecule has 0 fully saturated rings. The first kappa shape index (κ1) is 21.2. The lowest BCUT2D eigenvalue weighted by atomic mass is 10.1. The van der Waals surface area contributed by atoms with E-state index in [1.54, 1.807) is 12.1 Å². The van der Waals surface area contributed by atoms with Gasteiger partial charge in [0.25, 0.3) is 0 Å². The molecular weight excluding hydrogens is 400 g/mol.